The average Bonchev–Trinajstić information content (AvgIpc) is 2.07. The number of hydrogen-bond donors (Lipinski definition) is 0. The quantitative estimate of drug-likeness (QED) is 0.610. The molecule has 3 heteroatoms. The van der Waals surface area contributed by atoms with Crippen LogP contribution in [-0.4, -0.2) is 10.8 Å². The summed E-state index contributed by atoms with van der Waals surface area (Å²) in [4.78, 5) is 15.4. The molecule has 0 amide bonds. The van der Waals surface area contributed by atoms with E-state index in [0.29, 0.717) is 29.8 Å². The highest BCUT2D eigenvalue weighted by Gasteiger charge is 2.21. The van der Waals surface area contributed by atoms with Crippen molar-refractivity contribution >= 4 is 5.78 Å². The third kappa shape index (κ3) is 1.34. The van der Waals surface area contributed by atoms with Crippen LogP contribution in [0, 0.1) is 12.7 Å². The van der Waals surface area contributed by atoms with E-state index < -0.39 is 0 Å². The second-order valence-electron chi connectivity index (χ2n) is 3.35. The molecular weight excluding hydrogens is 169 g/mol. The van der Waals surface area contributed by atoms with E-state index >= 15 is 0 Å². The zero-order valence-corrected chi connectivity index (χ0v) is 7.43. The molecule has 0 atom stereocenters. The summed E-state index contributed by atoms with van der Waals surface area (Å²) in [6.45, 7) is 1.70. The topological polar surface area (TPSA) is 30.0 Å². The molecule has 0 N–H and O–H groups in total. The fourth-order valence-electron chi connectivity index (χ4n) is 1.67. The molecule has 0 spiro atoms. The van der Waals surface area contributed by atoms with Crippen LogP contribution in [0.25, 0.3) is 0 Å². The average molecular weight is 179 g/mol. The number of Topliss-reactive ketones (excluding diaryl/α,β-unsaturated/α-hetero) is 1. The van der Waals surface area contributed by atoms with Crippen molar-refractivity contribution in [1.82, 2.24) is 4.98 Å². The van der Waals surface area contributed by atoms with Crippen molar-refractivity contribution in [3.8, 4) is 0 Å². The van der Waals surface area contributed by atoms with E-state index in [2.05, 4.69) is 4.98 Å². The van der Waals surface area contributed by atoms with Gasteiger partial charge in [0, 0.05) is 17.7 Å². The Balaban J connectivity index is 2.63. The molecule has 1 aromatic rings. The maximum Gasteiger partial charge on any atom is 0.181 e. The molecule has 0 fully saturated rings. The third-order valence-corrected chi connectivity index (χ3v) is 2.29. The monoisotopic (exact) mass is 179 g/mol. The number of nitrogens with zero attached hydrogens (tertiary/aromatic N) is 1. The lowest BCUT2D eigenvalue weighted by molar-refractivity contribution is 0.0965. The minimum atomic E-state index is -0.282. The molecule has 0 aliphatic heterocycles. The van der Waals surface area contributed by atoms with Crippen LogP contribution in [0.15, 0.2) is 6.07 Å². The van der Waals surface area contributed by atoms with E-state index in [1.165, 1.54) is 6.07 Å². The highest BCUT2D eigenvalue weighted by molar-refractivity contribution is 5.96. The van der Waals surface area contributed by atoms with Gasteiger partial charge in [-0.1, -0.05) is 0 Å². The number of carbonyl (C=O) groups is 1. The van der Waals surface area contributed by atoms with Crippen LogP contribution < -0.4 is 0 Å². The van der Waals surface area contributed by atoms with Crippen LogP contribution in [0.4, 0.5) is 4.39 Å². The smallest absolute Gasteiger partial charge is 0.181 e. The van der Waals surface area contributed by atoms with Crippen molar-refractivity contribution < 1.29 is 9.18 Å². The normalized spacial score (nSPS) is 15.7. The molecule has 0 aromatic carbocycles. The van der Waals surface area contributed by atoms with Gasteiger partial charge < -0.3 is 0 Å². The zero-order chi connectivity index (χ0) is 9.42. The van der Waals surface area contributed by atoms with E-state index in [4.69, 9.17) is 0 Å². The van der Waals surface area contributed by atoms with E-state index in [9.17, 15) is 9.18 Å². The fraction of sp³-hybridized carbons (Fsp3) is 0.400. The van der Waals surface area contributed by atoms with Crippen LogP contribution in [0.5, 0.6) is 0 Å². The van der Waals surface area contributed by atoms with Crippen molar-refractivity contribution in [2.45, 2.75) is 26.2 Å². The molecule has 2 rings (SSSR count). The van der Waals surface area contributed by atoms with E-state index in [1.54, 1.807) is 6.92 Å². The number of rotatable bonds is 0. The van der Waals surface area contributed by atoms with Crippen LogP contribution in [-0.2, 0) is 6.42 Å². The van der Waals surface area contributed by atoms with Crippen molar-refractivity contribution in [3.63, 3.8) is 0 Å². The first-order chi connectivity index (χ1) is 6.18. The lowest BCUT2D eigenvalue weighted by Crippen LogP contribution is -2.15. The summed E-state index contributed by atoms with van der Waals surface area (Å²) in [5.41, 5.74) is 1.43. The molecule has 2 nitrogen and oxygen atoms in total. The number of aryl methyl sites for hydroxylation is 1. The van der Waals surface area contributed by atoms with Crippen molar-refractivity contribution in [3.05, 3.63) is 28.8 Å². The van der Waals surface area contributed by atoms with Crippen molar-refractivity contribution in [2.75, 3.05) is 0 Å². The van der Waals surface area contributed by atoms with E-state index in [0.717, 1.165) is 6.42 Å². The number of pyridine rings is 1. The second-order valence-corrected chi connectivity index (χ2v) is 3.35. The van der Waals surface area contributed by atoms with Gasteiger partial charge in [-0.15, -0.1) is 0 Å². The fourth-order valence-corrected chi connectivity index (χ4v) is 1.67. The zero-order valence-electron chi connectivity index (χ0n) is 7.43. The third-order valence-electron chi connectivity index (χ3n) is 2.29. The molecule has 0 unspecified atom stereocenters. The summed E-state index contributed by atoms with van der Waals surface area (Å²) in [5, 5.41) is 0. The van der Waals surface area contributed by atoms with Crippen LogP contribution in [0.2, 0.25) is 0 Å². The van der Waals surface area contributed by atoms with Gasteiger partial charge in [-0.3, -0.25) is 4.79 Å². The Morgan fingerprint density at radius 2 is 2.23 bits per heavy atom. The Hall–Kier alpha value is -1.25. The first kappa shape index (κ1) is 8.35. The molecule has 0 bridgehead atoms. The Bertz CT molecular complexity index is 373. The molecule has 1 heterocycles. The number of ketones is 1. The van der Waals surface area contributed by atoms with E-state index in [1.807, 2.05) is 0 Å². The Kier molecular flexibility index (Phi) is 1.87. The Morgan fingerprint density at radius 3 is 3.00 bits per heavy atom. The van der Waals surface area contributed by atoms with Gasteiger partial charge in [-0.25, -0.2) is 9.37 Å². The molecule has 13 heavy (non-hydrogen) atoms. The summed E-state index contributed by atoms with van der Waals surface area (Å²) in [6.07, 6.45) is 1.89. The summed E-state index contributed by atoms with van der Waals surface area (Å²) in [5.74, 6) is -0.306. The standard InChI is InChI=1S/C10H10FNO/c1-6-5-8(11)7-3-2-4-9(13)10(7)12-6/h5H,2-4H2,1H3. The van der Waals surface area contributed by atoms with Crippen LogP contribution in [0.3, 0.4) is 0 Å². The molecular formula is C10H10FNO. The first-order valence-electron chi connectivity index (χ1n) is 4.37. The molecule has 0 radical (unpaired) electrons. The molecule has 0 saturated carbocycles. The largest absolute Gasteiger partial charge is 0.292 e. The minimum absolute atomic E-state index is 0.0242. The molecule has 1 aliphatic rings. The lowest BCUT2D eigenvalue weighted by atomic mass is 9.94. The van der Waals surface area contributed by atoms with E-state index in [-0.39, 0.29) is 11.6 Å². The van der Waals surface area contributed by atoms with Crippen LogP contribution >= 0.6 is 0 Å². The van der Waals surface area contributed by atoms with Crippen molar-refractivity contribution in [2.24, 2.45) is 0 Å². The molecule has 68 valence electrons. The molecule has 1 aromatic heterocycles. The summed E-state index contributed by atoms with van der Waals surface area (Å²) in [6, 6.07) is 1.39. The van der Waals surface area contributed by atoms with Crippen LogP contribution in [0.1, 0.15) is 34.6 Å². The molecule has 1 aliphatic carbocycles. The predicted octanol–water partition coefficient (Wildman–Crippen LogP) is 2.05. The number of halogens is 1. The van der Waals surface area contributed by atoms with Gasteiger partial charge in [0.2, 0.25) is 0 Å². The predicted molar refractivity (Wildman–Crippen MR) is 46.2 cm³/mol. The maximum atomic E-state index is 13.3. The molecule has 0 saturated heterocycles. The Morgan fingerprint density at radius 1 is 1.46 bits per heavy atom. The number of hydrogen-bond acceptors (Lipinski definition) is 2. The maximum absolute atomic E-state index is 13.3. The first-order valence-corrected chi connectivity index (χ1v) is 4.37. The van der Waals surface area contributed by atoms with Gasteiger partial charge in [-0.05, 0) is 25.8 Å². The number of carbonyl (C=O) groups excluding carboxylic acids is 1. The highest BCUT2D eigenvalue weighted by Crippen LogP contribution is 2.22. The second kappa shape index (κ2) is 2.91. The van der Waals surface area contributed by atoms with Gasteiger partial charge in [0.05, 0.1) is 0 Å². The van der Waals surface area contributed by atoms with Gasteiger partial charge in [-0.2, -0.15) is 0 Å². The van der Waals surface area contributed by atoms with Gasteiger partial charge in [0.15, 0.2) is 5.78 Å². The van der Waals surface area contributed by atoms with Gasteiger partial charge in [0.1, 0.15) is 11.5 Å². The van der Waals surface area contributed by atoms with Gasteiger partial charge in [0.25, 0.3) is 0 Å². The summed E-state index contributed by atoms with van der Waals surface area (Å²) < 4.78 is 13.3. The Labute approximate surface area is 75.8 Å². The minimum Gasteiger partial charge on any atom is -0.292 e. The summed E-state index contributed by atoms with van der Waals surface area (Å²) >= 11 is 0. The SMILES string of the molecule is Cc1cc(F)c2c(n1)C(=O)CCC2. The summed E-state index contributed by atoms with van der Waals surface area (Å²) in [7, 11) is 0. The highest BCUT2D eigenvalue weighted by atomic mass is 19.1. The number of fused-ring (bicyclic) bond motifs is 1. The van der Waals surface area contributed by atoms with Gasteiger partial charge >= 0.3 is 0 Å². The van der Waals surface area contributed by atoms with Crippen molar-refractivity contribution in [1.29, 1.82) is 0 Å². The number of aromatic nitrogens is 1. The lowest BCUT2D eigenvalue weighted by Gasteiger charge is -2.14.